The van der Waals surface area contributed by atoms with E-state index >= 15 is 0 Å². The molecule has 6 heteroatoms. The summed E-state index contributed by atoms with van der Waals surface area (Å²) in [7, 11) is 1.82. The van der Waals surface area contributed by atoms with Crippen LogP contribution in [-0.4, -0.2) is 32.3 Å². The van der Waals surface area contributed by atoms with Gasteiger partial charge in [0.1, 0.15) is 0 Å². The Morgan fingerprint density at radius 2 is 1.92 bits per heavy atom. The molecule has 2 atom stereocenters. The van der Waals surface area contributed by atoms with E-state index in [9.17, 15) is 0 Å². The van der Waals surface area contributed by atoms with E-state index in [4.69, 9.17) is 4.74 Å². The molecule has 1 aromatic rings. The Kier molecular flexibility index (Phi) is 9.74. The van der Waals surface area contributed by atoms with Gasteiger partial charge in [-0.3, -0.25) is 4.99 Å². The summed E-state index contributed by atoms with van der Waals surface area (Å²) >= 11 is 3.46. The highest BCUT2D eigenvalue weighted by Crippen LogP contribution is 2.33. The van der Waals surface area contributed by atoms with Crippen molar-refractivity contribution in [2.24, 2.45) is 16.3 Å². The Morgan fingerprint density at radius 1 is 1.24 bits per heavy atom. The van der Waals surface area contributed by atoms with Crippen molar-refractivity contribution in [3.05, 3.63) is 34.3 Å². The van der Waals surface area contributed by atoms with Crippen molar-refractivity contribution in [2.45, 2.75) is 46.3 Å². The SMILES string of the molecule is CN=C(NCc1ccc(Br)cc1)NCC1CCCOC1C(C)(C)C.I. The molecule has 2 rings (SSSR count). The monoisotopic (exact) mass is 523 g/mol. The van der Waals surface area contributed by atoms with E-state index in [1.165, 1.54) is 12.0 Å². The average Bonchev–Trinajstić information content (AvgIpc) is 2.56. The van der Waals surface area contributed by atoms with Crippen LogP contribution in [0.25, 0.3) is 0 Å². The summed E-state index contributed by atoms with van der Waals surface area (Å²) in [4.78, 5) is 4.34. The first-order chi connectivity index (χ1) is 11.4. The lowest BCUT2D eigenvalue weighted by Crippen LogP contribution is -2.47. The fraction of sp³-hybridized carbons (Fsp3) is 0.632. The minimum Gasteiger partial charge on any atom is -0.377 e. The molecule has 2 unspecified atom stereocenters. The van der Waals surface area contributed by atoms with Gasteiger partial charge in [-0.1, -0.05) is 48.8 Å². The van der Waals surface area contributed by atoms with Gasteiger partial charge in [-0.15, -0.1) is 24.0 Å². The summed E-state index contributed by atoms with van der Waals surface area (Å²) in [6.07, 6.45) is 2.64. The highest BCUT2D eigenvalue weighted by Gasteiger charge is 2.35. The molecule has 0 aliphatic carbocycles. The van der Waals surface area contributed by atoms with Crippen LogP contribution in [0.1, 0.15) is 39.2 Å². The molecule has 1 aliphatic rings. The summed E-state index contributed by atoms with van der Waals surface area (Å²) in [6, 6.07) is 8.32. The maximum absolute atomic E-state index is 6.06. The van der Waals surface area contributed by atoms with Crippen LogP contribution in [0.15, 0.2) is 33.7 Å². The lowest BCUT2D eigenvalue weighted by Gasteiger charge is -2.40. The predicted octanol–water partition coefficient (Wildman–Crippen LogP) is 4.57. The quantitative estimate of drug-likeness (QED) is 0.345. The van der Waals surface area contributed by atoms with Gasteiger partial charge in [-0.2, -0.15) is 0 Å². The van der Waals surface area contributed by atoms with E-state index in [0.29, 0.717) is 12.0 Å². The second-order valence-corrected chi connectivity index (χ2v) is 8.41. The zero-order valence-corrected chi connectivity index (χ0v) is 19.6. The summed E-state index contributed by atoms with van der Waals surface area (Å²) in [5, 5.41) is 6.85. The van der Waals surface area contributed by atoms with Gasteiger partial charge in [0, 0.05) is 37.1 Å². The van der Waals surface area contributed by atoms with E-state index in [-0.39, 0.29) is 29.4 Å². The van der Waals surface area contributed by atoms with Crippen LogP contribution < -0.4 is 10.6 Å². The Bertz CT molecular complexity index is 543. The molecule has 1 aromatic carbocycles. The van der Waals surface area contributed by atoms with E-state index in [0.717, 1.165) is 36.5 Å². The number of hydrogen-bond acceptors (Lipinski definition) is 2. The fourth-order valence-corrected chi connectivity index (χ4v) is 3.51. The number of rotatable bonds is 4. The zero-order valence-electron chi connectivity index (χ0n) is 15.6. The lowest BCUT2D eigenvalue weighted by molar-refractivity contribution is -0.0835. The molecular formula is C19H31BrIN3O. The van der Waals surface area contributed by atoms with Gasteiger partial charge >= 0.3 is 0 Å². The van der Waals surface area contributed by atoms with Gasteiger partial charge in [0.2, 0.25) is 0 Å². The second-order valence-electron chi connectivity index (χ2n) is 7.49. The average molecular weight is 524 g/mol. The number of nitrogens with one attached hydrogen (secondary N) is 2. The molecule has 1 fully saturated rings. The van der Waals surface area contributed by atoms with Crippen molar-refractivity contribution in [1.82, 2.24) is 10.6 Å². The third kappa shape index (κ3) is 7.43. The Morgan fingerprint density at radius 3 is 2.52 bits per heavy atom. The fourth-order valence-electron chi connectivity index (χ4n) is 3.25. The van der Waals surface area contributed by atoms with Crippen LogP contribution in [0.2, 0.25) is 0 Å². The van der Waals surface area contributed by atoms with Crippen molar-refractivity contribution < 1.29 is 4.74 Å². The van der Waals surface area contributed by atoms with Crippen LogP contribution in [-0.2, 0) is 11.3 Å². The van der Waals surface area contributed by atoms with Crippen molar-refractivity contribution >= 4 is 45.9 Å². The standard InChI is InChI=1S/C19H30BrN3O.HI/c1-19(2,3)17-15(6-5-11-24-17)13-23-18(21-4)22-12-14-7-9-16(20)10-8-14;/h7-10,15,17H,5-6,11-13H2,1-4H3,(H2,21,22,23);1H. The molecule has 0 aromatic heterocycles. The maximum Gasteiger partial charge on any atom is 0.191 e. The highest BCUT2D eigenvalue weighted by molar-refractivity contribution is 14.0. The van der Waals surface area contributed by atoms with Gasteiger partial charge in [0.05, 0.1) is 6.10 Å². The number of hydrogen-bond donors (Lipinski definition) is 2. The van der Waals surface area contributed by atoms with Crippen LogP contribution in [0, 0.1) is 11.3 Å². The van der Waals surface area contributed by atoms with E-state index in [1.807, 2.05) is 7.05 Å². The Labute approximate surface area is 177 Å². The van der Waals surface area contributed by atoms with Crippen LogP contribution in [0.3, 0.4) is 0 Å². The van der Waals surface area contributed by atoms with E-state index in [2.05, 4.69) is 76.6 Å². The summed E-state index contributed by atoms with van der Waals surface area (Å²) in [5.41, 5.74) is 1.40. The smallest absolute Gasteiger partial charge is 0.191 e. The third-order valence-corrected chi connectivity index (χ3v) is 4.96. The number of halogens is 2. The molecular weight excluding hydrogens is 493 g/mol. The van der Waals surface area contributed by atoms with Gasteiger partial charge in [0.25, 0.3) is 0 Å². The summed E-state index contributed by atoms with van der Waals surface area (Å²) < 4.78 is 7.15. The van der Waals surface area contributed by atoms with Gasteiger partial charge < -0.3 is 15.4 Å². The largest absolute Gasteiger partial charge is 0.377 e. The molecule has 1 heterocycles. The number of ether oxygens (including phenoxy) is 1. The summed E-state index contributed by atoms with van der Waals surface area (Å²) in [5.74, 6) is 1.36. The minimum atomic E-state index is 0. The van der Waals surface area contributed by atoms with Crippen LogP contribution in [0.5, 0.6) is 0 Å². The lowest BCUT2D eigenvalue weighted by atomic mass is 9.78. The first-order valence-corrected chi connectivity index (χ1v) is 9.50. The topological polar surface area (TPSA) is 45.7 Å². The predicted molar refractivity (Wildman–Crippen MR) is 120 cm³/mol. The maximum atomic E-state index is 6.06. The van der Waals surface area contributed by atoms with E-state index < -0.39 is 0 Å². The Hall–Kier alpha value is -0.340. The first-order valence-electron chi connectivity index (χ1n) is 8.70. The van der Waals surface area contributed by atoms with Crippen LogP contribution >= 0.6 is 39.9 Å². The van der Waals surface area contributed by atoms with Gasteiger partial charge in [0.15, 0.2) is 5.96 Å². The van der Waals surface area contributed by atoms with E-state index in [1.54, 1.807) is 0 Å². The molecule has 0 amide bonds. The molecule has 25 heavy (non-hydrogen) atoms. The molecule has 1 aliphatic heterocycles. The molecule has 0 spiro atoms. The van der Waals surface area contributed by atoms with Gasteiger partial charge in [-0.25, -0.2) is 0 Å². The number of guanidine groups is 1. The second kappa shape index (κ2) is 10.7. The van der Waals surface area contributed by atoms with Crippen molar-refractivity contribution in [1.29, 1.82) is 0 Å². The normalized spacial score (nSPS) is 21.4. The first kappa shape index (κ1) is 22.7. The number of benzene rings is 1. The summed E-state index contributed by atoms with van der Waals surface area (Å²) in [6.45, 7) is 9.32. The number of aliphatic imine (C=N–C) groups is 1. The number of nitrogens with zero attached hydrogens (tertiary/aromatic N) is 1. The molecule has 0 bridgehead atoms. The minimum absolute atomic E-state index is 0. The molecule has 2 N–H and O–H groups in total. The molecule has 0 saturated carbocycles. The Balaban J connectivity index is 0.00000312. The van der Waals surface area contributed by atoms with Crippen molar-refractivity contribution in [3.8, 4) is 0 Å². The molecule has 1 saturated heterocycles. The van der Waals surface area contributed by atoms with Crippen LogP contribution in [0.4, 0.5) is 0 Å². The third-order valence-electron chi connectivity index (χ3n) is 4.43. The molecule has 0 radical (unpaired) electrons. The van der Waals surface area contributed by atoms with Crippen molar-refractivity contribution in [3.63, 3.8) is 0 Å². The molecule has 142 valence electrons. The molecule has 4 nitrogen and oxygen atoms in total. The highest BCUT2D eigenvalue weighted by atomic mass is 127. The zero-order chi connectivity index (χ0) is 17.6. The van der Waals surface area contributed by atoms with Crippen molar-refractivity contribution in [2.75, 3.05) is 20.2 Å². The van der Waals surface area contributed by atoms with Gasteiger partial charge in [-0.05, 0) is 36.0 Å².